The van der Waals surface area contributed by atoms with E-state index in [1.165, 1.54) is 0 Å². The van der Waals surface area contributed by atoms with Crippen LogP contribution in [-0.2, 0) is 0 Å². The minimum atomic E-state index is 0.818. The van der Waals surface area contributed by atoms with E-state index in [2.05, 4.69) is 21.8 Å². The summed E-state index contributed by atoms with van der Waals surface area (Å²) in [5.41, 5.74) is 4.51. The summed E-state index contributed by atoms with van der Waals surface area (Å²) >= 11 is 1.55. The zero-order chi connectivity index (χ0) is 9.80. The predicted octanol–water partition coefficient (Wildman–Crippen LogP) is 2.25. The van der Waals surface area contributed by atoms with Crippen molar-refractivity contribution < 1.29 is 0 Å². The van der Waals surface area contributed by atoms with Gasteiger partial charge in [0.2, 0.25) is 0 Å². The van der Waals surface area contributed by atoms with E-state index >= 15 is 0 Å². The molecule has 68 valence electrons. The van der Waals surface area contributed by atoms with Gasteiger partial charge in [-0.25, -0.2) is 4.98 Å². The average Bonchev–Trinajstić information content (AvgIpc) is 2.69. The highest BCUT2D eigenvalue weighted by atomic mass is 32.1. The van der Waals surface area contributed by atoms with Crippen LogP contribution >= 0.6 is 11.3 Å². The first-order valence-corrected chi connectivity index (χ1v) is 5.12. The molecule has 0 bridgehead atoms. The van der Waals surface area contributed by atoms with E-state index in [9.17, 15) is 0 Å². The summed E-state index contributed by atoms with van der Waals surface area (Å²) in [6.07, 6.45) is 1.77. The van der Waals surface area contributed by atoms with Gasteiger partial charge in [0, 0.05) is 17.1 Å². The van der Waals surface area contributed by atoms with Gasteiger partial charge in [0.05, 0.1) is 11.2 Å². The van der Waals surface area contributed by atoms with Crippen LogP contribution in [0.3, 0.4) is 0 Å². The molecule has 2 heterocycles. The molecular weight excluding hydrogens is 192 g/mol. The summed E-state index contributed by atoms with van der Waals surface area (Å²) in [5.74, 6) is 6.04. The third-order valence-electron chi connectivity index (χ3n) is 1.76. The summed E-state index contributed by atoms with van der Waals surface area (Å²) in [4.78, 5) is 8.24. The third kappa shape index (κ3) is 1.98. The minimum Gasteiger partial charge on any atom is -0.260 e. The van der Waals surface area contributed by atoms with Gasteiger partial charge in [0.15, 0.2) is 0 Å². The fourth-order valence-corrected chi connectivity index (χ4v) is 1.51. The maximum absolute atomic E-state index is 4.16. The van der Waals surface area contributed by atoms with Gasteiger partial charge >= 0.3 is 0 Å². The van der Waals surface area contributed by atoms with Crippen LogP contribution in [0.1, 0.15) is 17.0 Å². The summed E-state index contributed by atoms with van der Waals surface area (Å²) < 4.78 is 0. The zero-order valence-corrected chi connectivity index (χ0v) is 8.51. The number of hydrogen-bond acceptors (Lipinski definition) is 3. The Morgan fingerprint density at radius 1 is 1.29 bits per heavy atom. The molecule has 0 amide bonds. The first kappa shape index (κ1) is 8.92. The number of aromatic nitrogens is 2. The summed E-state index contributed by atoms with van der Waals surface area (Å²) in [5, 5.41) is 1.93. The molecule has 3 heteroatoms. The van der Waals surface area contributed by atoms with Gasteiger partial charge in [-0.15, -0.1) is 11.3 Å². The topological polar surface area (TPSA) is 25.8 Å². The molecular formula is C11H8N2S. The number of rotatable bonds is 0. The van der Waals surface area contributed by atoms with Gasteiger partial charge < -0.3 is 0 Å². The molecule has 0 aliphatic carbocycles. The Morgan fingerprint density at radius 3 is 2.93 bits per heavy atom. The molecule has 2 nitrogen and oxygen atoms in total. The fourth-order valence-electron chi connectivity index (χ4n) is 1.02. The molecule has 0 aliphatic rings. The molecule has 0 spiro atoms. The number of nitrogens with zero attached hydrogens (tertiary/aromatic N) is 2. The highest BCUT2D eigenvalue weighted by Gasteiger charge is 1.92. The van der Waals surface area contributed by atoms with Crippen molar-refractivity contribution in [3.63, 3.8) is 0 Å². The summed E-state index contributed by atoms with van der Waals surface area (Å²) in [6.45, 7) is 1.95. The van der Waals surface area contributed by atoms with E-state index in [-0.39, 0.29) is 0 Å². The Kier molecular flexibility index (Phi) is 2.57. The van der Waals surface area contributed by atoms with Crippen LogP contribution < -0.4 is 0 Å². The lowest BCUT2D eigenvalue weighted by atomic mass is 10.2. The van der Waals surface area contributed by atoms with Crippen molar-refractivity contribution in [3.8, 4) is 11.8 Å². The maximum Gasteiger partial charge on any atom is 0.124 e. The van der Waals surface area contributed by atoms with Crippen LogP contribution in [0.25, 0.3) is 0 Å². The molecule has 2 aromatic rings. The maximum atomic E-state index is 4.16. The molecule has 2 rings (SSSR count). The second-order valence-corrected chi connectivity index (χ2v) is 3.48. The molecule has 0 saturated carbocycles. The summed E-state index contributed by atoms with van der Waals surface area (Å²) in [6, 6.07) is 3.85. The Balaban J connectivity index is 2.31. The van der Waals surface area contributed by atoms with Crippen LogP contribution in [0, 0.1) is 18.8 Å². The molecule has 0 N–H and O–H groups in total. The van der Waals surface area contributed by atoms with Gasteiger partial charge in [0.25, 0.3) is 0 Å². The molecule has 0 unspecified atom stereocenters. The van der Waals surface area contributed by atoms with Gasteiger partial charge in [-0.1, -0.05) is 5.92 Å². The van der Waals surface area contributed by atoms with Gasteiger partial charge in [-0.2, -0.15) is 0 Å². The first-order chi connectivity index (χ1) is 6.86. The highest BCUT2D eigenvalue weighted by Crippen LogP contribution is 2.02. The van der Waals surface area contributed by atoms with Crippen LogP contribution in [-0.4, -0.2) is 9.97 Å². The van der Waals surface area contributed by atoms with Crippen molar-refractivity contribution in [1.29, 1.82) is 0 Å². The van der Waals surface area contributed by atoms with Gasteiger partial charge in [-0.05, 0) is 25.0 Å². The first-order valence-electron chi connectivity index (χ1n) is 4.18. The average molecular weight is 200 g/mol. The van der Waals surface area contributed by atoms with E-state index in [0.717, 1.165) is 17.0 Å². The third-order valence-corrected chi connectivity index (χ3v) is 2.35. The van der Waals surface area contributed by atoms with Crippen molar-refractivity contribution in [2.45, 2.75) is 6.92 Å². The lowest BCUT2D eigenvalue weighted by molar-refractivity contribution is 1.19. The lowest BCUT2D eigenvalue weighted by Gasteiger charge is -1.92. The van der Waals surface area contributed by atoms with E-state index in [4.69, 9.17) is 0 Å². The number of pyridine rings is 1. The largest absolute Gasteiger partial charge is 0.260 e. The van der Waals surface area contributed by atoms with E-state index in [1.54, 1.807) is 23.0 Å². The molecule has 0 fully saturated rings. The van der Waals surface area contributed by atoms with Crippen molar-refractivity contribution in [2.24, 2.45) is 0 Å². The zero-order valence-electron chi connectivity index (χ0n) is 7.69. The van der Waals surface area contributed by atoms with Crippen LogP contribution in [0.5, 0.6) is 0 Å². The Hall–Kier alpha value is -1.66. The predicted molar refractivity (Wildman–Crippen MR) is 57.1 cm³/mol. The molecule has 2 aromatic heterocycles. The Labute approximate surface area is 86.7 Å². The van der Waals surface area contributed by atoms with E-state index in [1.807, 2.05) is 24.4 Å². The van der Waals surface area contributed by atoms with E-state index < -0.39 is 0 Å². The minimum absolute atomic E-state index is 0.818. The quantitative estimate of drug-likeness (QED) is 0.609. The molecule has 0 atom stereocenters. The van der Waals surface area contributed by atoms with Crippen molar-refractivity contribution in [2.75, 3.05) is 0 Å². The Bertz CT molecular complexity index is 477. The SMILES string of the molecule is Cc1ncccc1C#Cc1cscn1. The van der Waals surface area contributed by atoms with E-state index in [0.29, 0.717) is 0 Å². The monoisotopic (exact) mass is 200 g/mol. The Morgan fingerprint density at radius 2 is 2.21 bits per heavy atom. The second-order valence-electron chi connectivity index (χ2n) is 2.76. The van der Waals surface area contributed by atoms with Crippen molar-refractivity contribution in [3.05, 3.63) is 46.2 Å². The normalized spacial score (nSPS) is 9.21. The summed E-state index contributed by atoms with van der Waals surface area (Å²) in [7, 11) is 0. The number of thiazole rings is 1. The molecule has 0 aliphatic heterocycles. The van der Waals surface area contributed by atoms with Gasteiger partial charge in [0.1, 0.15) is 5.69 Å². The smallest absolute Gasteiger partial charge is 0.124 e. The number of hydrogen-bond donors (Lipinski definition) is 0. The van der Waals surface area contributed by atoms with Crippen molar-refractivity contribution in [1.82, 2.24) is 9.97 Å². The molecule has 0 aromatic carbocycles. The lowest BCUT2D eigenvalue weighted by Crippen LogP contribution is -1.85. The van der Waals surface area contributed by atoms with Crippen LogP contribution in [0.4, 0.5) is 0 Å². The molecule has 14 heavy (non-hydrogen) atoms. The highest BCUT2D eigenvalue weighted by molar-refractivity contribution is 7.07. The second kappa shape index (κ2) is 4.03. The van der Waals surface area contributed by atoms with Crippen LogP contribution in [0.15, 0.2) is 29.2 Å². The molecule has 0 saturated heterocycles. The molecule has 0 radical (unpaired) electrons. The standard InChI is InChI=1S/C11H8N2S/c1-9-10(3-2-6-12-9)4-5-11-7-14-8-13-11/h2-3,6-8H,1H3. The van der Waals surface area contributed by atoms with Gasteiger partial charge in [-0.3, -0.25) is 4.98 Å². The fraction of sp³-hybridized carbons (Fsp3) is 0.0909. The van der Waals surface area contributed by atoms with Crippen LogP contribution in [0.2, 0.25) is 0 Å². The number of aryl methyl sites for hydroxylation is 1. The van der Waals surface area contributed by atoms with Crippen molar-refractivity contribution >= 4 is 11.3 Å².